The van der Waals surface area contributed by atoms with E-state index >= 15 is 0 Å². The standard InChI is InChI=1S/C12H14F5N/c1-8(6-18-7-12(15,16)17)5-9-3-2-4-10(13)11(9)14/h2-4,8,18H,5-7H2,1H3. The molecule has 1 nitrogen and oxygen atoms in total. The highest BCUT2D eigenvalue weighted by Crippen LogP contribution is 2.16. The molecule has 1 aromatic carbocycles. The highest BCUT2D eigenvalue weighted by Gasteiger charge is 2.26. The van der Waals surface area contributed by atoms with E-state index < -0.39 is 24.4 Å². The van der Waals surface area contributed by atoms with Gasteiger partial charge in [-0.25, -0.2) is 8.78 Å². The average molecular weight is 267 g/mol. The van der Waals surface area contributed by atoms with Crippen LogP contribution in [0, 0.1) is 17.6 Å². The first kappa shape index (κ1) is 14.9. The first-order valence-electron chi connectivity index (χ1n) is 5.50. The Morgan fingerprint density at radius 1 is 1.22 bits per heavy atom. The molecule has 0 amide bonds. The van der Waals surface area contributed by atoms with E-state index in [1.807, 2.05) is 0 Å². The fourth-order valence-corrected chi connectivity index (χ4v) is 1.61. The van der Waals surface area contributed by atoms with Gasteiger partial charge in [0.1, 0.15) is 0 Å². The number of hydrogen-bond acceptors (Lipinski definition) is 1. The number of hydrogen-bond donors (Lipinski definition) is 1. The predicted molar refractivity (Wildman–Crippen MR) is 58.2 cm³/mol. The van der Waals surface area contributed by atoms with Crippen molar-refractivity contribution >= 4 is 0 Å². The highest BCUT2D eigenvalue weighted by molar-refractivity contribution is 5.19. The van der Waals surface area contributed by atoms with Crippen molar-refractivity contribution in [2.24, 2.45) is 5.92 Å². The van der Waals surface area contributed by atoms with E-state index in [-0.39, 0.29) is 24.4 Å². The fourth-order valence-electron chi connectivity index (χ4n) is 1.61. The van der Waals surface area contributed by atoms with Crippen LogP contribution in [0.5, 0.6) is 0 Å². The summed E-state index contributed by atoms with van der Waals surface area (Å²) in [5, 5.41) is 2.24. The van der Waals surface area contributed by atoms with Crippen molar-refractivity contribution < 1.29 is 22.0 Å². The second-order valence-corrected chi connectivity index (χ2v) is 4.27. The smallest absolute Gasteiger partial charge is 0.308 e. The van der Waals surface area contributed by atoms with Gasteiger partial charge in [-0.05, 0) is 30.5 Å². The molecule has 102 valence electrons. The summed E-state index contributed by atoms with van der Waals surface area (Å²) in [5.74, 6) is -2.09. The molecule has 0 aliphatic carbocycles. The minimum absolute atomic E-state index is 0.0927. The number of nitrogens with one attached hydrogen (secondary N) is 1. The Labute approximate surface area is 102 Å². The molecule has 1 unspecified atom stereocenters. The van der Waals surface area contributed by atoms with Gasteiger partial charge in [-0.2, -0.15) is 13.2 Å². The molecule has 0 heterocycles. The molecule has 0 bridgehead atoms. The third kappa shape index (κ3) is 5.00. The van der Waals surface area contributed by atoms with Crippen molar-refractivity contribution in [1.82, 2.24) is 5.32 Å². The van der Waals surface area contributed by atoms with Gasteiger partial charge in [0.05, 0.1) is 6.54 Å². The Hall–Kier alpha value is -1.17. The molecule has 0 spiro atoms. The van der Waals surface area contributed by atoms with Crippen LogP contribution in [-0.4, -0.2) is 19.3 Å². The van der Waals surface area contributed by atoms with Gasteiger partial charge in [-0.1, -0.05) is 19.1 Å². The van der Waals surface area contributed by atoms with E-state index in [1.54, 1.807) is 6.92 Å². The van der Waals surface area contributed by atoms with Crippen LogP contribution in [0.25, 0.3) is 0 Å². The summed E-state index contributed by atoms with van der Waals surface area (Å²) in [5.41, 5.74) is 0.177. The summed E-state index contributed by atoms with van der Waals surface area (Å²) in [4.78, 5) is 0. The van der Waals surface area contributed by atoms with Gasteiger partial charge in [0.15, 0.2) is 11.6 Å². The van der Waals surface area contributed by atoms with Crippen LogP contribution < -0.4 is 5.32 Å². The van der Waals surface area contributed by atoms with Gasteiger partial charge in [0, 0.05) is 0 Å². The summed E-state index contributed by atoms with van der Waals surface area (Å²) in [6, 6.07) is 3.81. The van der Waals surface area contributed by atoms with Crippen molar-refractivity contribution in [2.75, 3.05) is 13.1 Å². The van der Waals surface area contributed by atoms with Crippen molar-refractivity contribution in [3.05, 3.63) is 35.4 Å². The third-order valence-corrected chi connectivity index (χ3v) is 2.42. The first-order chi connectivity index (χ1) is 8.29. The van der Waals surface area contributed by atoms with Gasteiger partial charge in [0.25, 0.3) is 0 Å². The lowest BCUT2D eigenvalue weighted by Gasteiger charge is -2.14. The van der Waals surface area contributed by atoms with Crippen LogP contribution in [0.4, 0.5) is 22.0 Å². The number of rotatable bonds is 5. The second kappa shape index (κ2) is 6.13. The Kier molecular flexibility index (Phi) is 5.07. The van der Waals surface area contributed by atoms with Crippen molar-refractivity contribution in [1.29, 1.82) is 0 Å². The summed E-state index contributed by atoms with van der Waals surface area (Å²) < 4.78 is 61.8. The van der Waals surface area contributed by atoms with Crippen molar-refractivity contribution in [3.63, 3.8) is 0 Å². The summed E-state index contributed by atoms with van der Waals surface area (Å²) in [6.07, 6.45) is -4.07. The molecule has 0 aliphatic heterocycles. The van der Waals surface area contributed by atoms with E-state index in [0.29, 0.717) is 0 Å². The minimum atomic E-state index is -4.26. The lowest BCUT2D eigenvalue weighted by Crippen LogP contribution is -2.32. The van der Waals surface area contributed by atoms with Gasteiger partial charge < -0.3 is 5.32 Å². The van der Waals surface area contributed by atoms with E-state index in [0.717, 1.165) is 6.07 Å². The highest BCUT2D eigenvalue weighted by atomic mass is 19.4. The third-order valence-electron chi connectivity index (χ3n) is 2.42. The Balaban J connectivity index is 2.45. The van der Waals surface area contributed by atoms with Crippen LogP contribution in [0.1, 0.15) is 12.5 Å². The molecule has 1 N–H and O–H groups in total. The predicted octanol–water partition coefficient (Wildman–Crippen LogP) is 3.30. The molecule has 18 heavy (non-hydrogen) atoms. The maximum atomic E-state index is 13.3. The fraction of sp³-hybridized carbons (Fsp3) is 0.500. The van der Waals surface area contributed by atoms with Gasteiger partial charge >= 0.3 is 6.18 Å². The Morgan fingerprint density at radius 2 is 1.89 bits per heavy atom. The second-order valence-electron chi connectivity index (χ2n) is 4.27. The maximum absolute atomic E-state index is 13.3. The molecular weight excluding hydrogens is 253 g/mol. The average Bonchev–Trinajstić information content (AvgIpc) is 2.23. The monoisotopic (exact) mass is 267 g/mol. The van der Waals surface area contributed by atoms with Crippen molar-refractivity contribution in [3.8, 4) is 0 Å². The molecule has 1 aromatic rings. The van der Waals surface area contributed by atoms with Crippen LogP contribution >= 0.6 is 0 Å². The summed E-state index contributed by atoms with van der Waals surface area (Å²) >= 11 is 0. The number of alkyl halides is 3. The molecule has 0 fully saturated rings. The molecule has 1 atom stereocenters. The summed E-state index contributed by atoms with van der Waals surface area (Å²) in [7, 11) is 0. The van der Waals surface area contributed by atoms with E-state index in [2.05, 4.69) is 5.32 Å². The molecule has 0 aliphatic rings. The van der Waals surface area contributed by atoms with Crippen LogP contribution in [0.2, 0.25) is 0 Å². The first-order valence-corrected chi connectivity index (χ1v) is 5.50. The van der Waals surface area contributed by atoms with E-state index in [4.69, 9.17) is 0 Å². The molecular formula is C12H14F5N. The van der Waals surface area contributed by atoms with Gasteiger partial charge in [0.2, 0.25) is 0 Å². The van der Waals surface area contributed by atoms with Crippen LogP contribution in [-0.2, 0) is 6.42 Å². The van der Waals surface area contributed by atoms with E-state index in [9.17, 15) is 22.0 Å². The quantitative estimate of drug-likeness (QED) is 0.807. The molecule has 6 heteroatoms. The molecule has 0 radical (unpaired) electrons. The maximum Gasteiger partial charge on any atom is 0.401 e. The largest absolute Gasteiger partial charge is 0.401 e. The molecule has 0 saturated carbocycles. The minimum Gasteiger partial charge on any atom is -0.308 e. The van der Waals surface area contributed by atoms with Gasteiger partial charge in [-0.15, -0.1) is 0 Å². The summed E-state index contributed by atoms with van der Waals surface area (Å²) in [6.45, 7) is 0.687. The van der Waals surface area contributed by atoms with Crippen molar-refractivity contribution in [2.45, 2.75) is 19.5 Å². The topological polar surface area (TPSA) is 12.0 Å². The van der Waals surface area contributed by atoms with Crippen LogP contribution in [0.3, 0.4) is 0 Å². The zero-order valence-corrected chi connectivity index (χ0v) is 9.82. The van der Waals surface area contributed by atoms with Crippen LogP contribution in [0.15, 0.2) is 18.2 Å². The van der Waals surface area contributed by atoms with E-state index in [1.165, 1.54) is 12.1 Å². The normalized spacial score (nSPS) is 13.7. The molecule has 0 aromatic heterocycles. The SMILES string of the molecule is CC(CNCC(F)(F)F)Cc1cccc(F)c1F. The zero-order chi connectivity index (χ0) is 13.8. The lowest BCUT2D eigenvalue weighted by atomic mass is 10.0. The lowest BCUT2D eigenvalue weighted by molar-refractivity contribution is -0.125. The molecule has 0 saturated heterocycles. The zero-order valence-electron chi connectivity index (χ0n) is 9.82. The number of halogens is 5. The Morgan fingerprint density at radius 3 is 2.50 bits per heavy atom. The Bertz CT molecular complexity index is 389. The molecule has 1 rings (SSSR count). The number of benzene rings is 1. The van der Waals surface area contributed by atoms with Gasteiger partial charge in [-0.3, -0.25) is 0 Å².